The molecule has 158 valence electrons. The Morgan fingerprint density at radius 1 is 0.630 bits per heavy atom. The Labute approximate surface area is 167 Å². The van der Waals surface area contributed by atoms with Crippen molar-refractivity contribution in [2.75, 3.05) is 13.1 Å². The van der Waals surface area contributed by atoms with Crippen LogP contribution >= 0.6 is 0 Å². The lowest BCUT2D eigenvalue weighted by molar-refractivity contribution is -0.133. The normalized spacial score (nSPS) is 19.2. The molecule has 2 atom stereocenters. The van der Waals surface area contributed by atoms with Crippen LogP contribution in [0.4, 0.5) is 0 Å². The minimum Gasteiger partial charge on any atom is -0.356 e. The summed E-state index contributed by atoms with van der Waals surface area (Å²) in [7, 11) is 0. The van der Waals surface area contributed by atoms with Gasteiger partial charge >= 0.3 is 0 Å². The van der Waals surface area contributed by atoms with Crippen LogP contribution in [0.3, 0.4) is 0 Å². The fraction of sp³-hybridized carbons (Fsp3) is 0.913. The third-order valence-electron chi connectivity index (χ3n) is 5.85. The first-order valence-corrected chi connectivity index (χ1v) is 11.8. The van der Waals surface area contributed by atoms with Crippen molar-refractivity contribution in [3.63, 3.8) is 0 Å². The van der Waals surface area contributed by atoms with E-state index in [1.165, 1.54) is 64.2 Å². The fourth-order valence-corrected chi connectivity index (χ4v) is 4.08. The van der Waals surface area contributed by atoms with Crippen LogP contribution in [0.2, 0.25) is 0 Å². The molecule has 1 aliphatic rings. The zero-order chi connectivity index (χ0) is 19.7. The predicted octanol–water partition coefficient (Wildman–Crippen LogP) is 5.36. The lowest BCUT2D eigenvalue weighted by Crippen LogP contribution is -2.40. The maximum atomic E-state index is 12.5. The van der Waals surface area contributed by atoms with Crippen molar-refractivity contribution in [3.8, 4) is 0 Å². The van der Waals surface area contributed by atoms with Gasteiger partial charge in [0, 0.05) is 24.9 Å². The molecule has 0 heterocycles. The number of unbranched alkanes of at least 4 members (excludes halogenated alkanes) is 10. The maximum absolute atomic E-state index is 12.5. The summed E-state index contributed by atoms with van der Waals surface area (Å²) in [6.07, 6.45) is 17.5. The third kappa shape index (κ3) is 10.8. The molecule has 4 heteroatoms. The zero-order valence-electron chi connectivity index (χ0n) is 18.0. The van der Waals surface area contributed by atoms with Crippen molar-refractivity contribution in [2.24, 2.45) is 11.8 Å². The van der Waals surface area contributed by atoms with Crippen LogP contribution in [0.5, 0.6) is 0 Å². The van der Waals surface area contributed by atoms with Gasteiger partial charge in [0.1, 0.15) is 0 Å². The zero-order valence-corrected chi connectivity index (χ0v) is 18.0. The molecule has 2 N–H and O–H groups in total. The van der Waals surface area contributed by atoms with Crippen LogP contribution in [0.1, 0.15) is 110 Å². The van der Waals surface area contributed by atoms with Crippen molar-refractivity contribution >= 4 is 11.8 Å². The molecule has 0 unspecified atom stereocenters. The number of nitrogens with one attached hydrogen (secondary N) is 2. The van der Waals surface area contributed by atoms with E-state index < -0.39 is 0 Å². The van der Waals surface area contributed by atoms with Gasteiger partial charge in [0.25, 0.3) is 0 Å². The Hall–Kier alpha value is -1.06. The van der Waals surface area contributed by atoms with E-state index in [1.54, 1.807) is 0 Å². The first-order valence-electron chi connectivity index (χ1n) is 11.8. The lowest BCUT2D eigenvalue weighted by Gasteiger charge is -2.19. The van der Waals surface area contributed by atoms with E-state index >= 15 is 0 Å². The van der Waals surface area contributed by atoms with E-state index in [-0.39, 0.29) is 23.7 Å². The fourth-order valence-electron chi connectivity index (χ4n) is 4.08. The maximum Gasteiger partial charge on any atom is 0.223 e. The van der Waals surface area contributed by atoms with E-state index in [4.69, 9.17) is 0 Å². The molecule has 0 spiro atoms. The summed E-state index contributed by atoms with van der Waals surface area (Å²) < 4.78 is 0. The molecule has 1 rings (SSSR count). The van der Waals surface area contributed by atoms with E-state index in [0.29, 0.717) is 0 Å². The van der Waals surface area contributed by atoms with Gasteiger partial charge in [0.2, 0.25) is 11.8 Å². The van der Waals surface area contributed by atoms with Gasteiger partial charge in [-0.2, -0.15) is 0 Å². The van der Waals surface area contributed by atoms with Crippen LogP contribution in [0.15, 0.2) is 0 Å². The second-order valence-electron chi connectivity index (χ2n) is 8.26. The quantitative estimate of drug-likeness (QED) is 0.354. The minimum atomic E-state index is -0.116. The SMILES string of the molecule is CCCCCCCCNC(=O)[C@@H]1CCC[C@H]1C(=O)NCCCCCCCC. The van der Waals surface area contributed by atoms with Gasteiger partial charge < -0.3 is 10.6 Å². The van der Waals surface area contributed by atoms with Gasteiger partial charge in [-0.25, -0.2) is 0 Å². The number of rotatable bonds is 16. The van der Waals surface area contributed by atoms with Gasteiger partial charge in [0.05, 0.1) is 0 Å². The number of hydrogen-bond donors (Lipinski definition) is 2. The van der Waals surface area contributed by atoms with Crippen molar-refractivity contribution in [1.29, 1.82) is 0 Å². The molecule has 0 aromatic carbocycles. The number of carbonyl (C=O) groups excluding carboxylic acids is 2. The Bertz CT molecular complexity index is 362. The van der Waals surface area contributed by atoms with Crippen molar-refractivity contribution in [1.82, 2.24) is 10.6 Å². The molecule has 2 amide bonds. The second-order valence-corrected chi connectivity index (χ2v) is 8.26. The summed E-state index contributed by atoms with van der Waals surface area (Å²) in [4.78, 5) is 25.0. The highest BCUT2D eigenvalue weighted by Gasteiger charge is 2.37. The summed E-state index contributed by atoms with van der Waals surface area (Å²) >= 11 is 0. The monoisotopic (exact) mass is 380 g/mol. The standard InChI is InChI=1S/C23H44N2O2/c1-3-5-7-9-11-13-18-24-22(26)20-16-15-17-21(20)23(27)25-19-14-12-10-8-6-4-2/h20-21H,3-19H2,1-2H3,(H,24,26)(H,25,27)/t20-,21-/m1/s1. The summed E-state index contributed by atoms with van der Waals surface area (Å²) in [6.45, 7) is 5.96. The molecule has 4 nitrogen and oxygen atoms in total. The molecule has 0 aliphatic heterocycles. The molecule has 0 aromatic rings. The molecule has 1 aliphatic carbocycles. The largest absolute Gasteiger partial charge is 0.356 e. The van der Waals surface area contributed by atoms with Crippen LogP contribution in [0.25, 0.3) is 0 Å². The Morgan fingerprint density at radius 2 is 1.00 bits per heavy atom. The van der Waals surface area contributed by atoms with Gasteiger partial charge in [-0.05, 0) is 25.7 Å². The highest BCUT2D eigenvalue weighted by atomic mass is 16.2. The Balaban J connectivity index is 2.15. The highest BCUT2D eigenvalue weighted by molar-refractivity contribution is 5.88. The summed E-state index contributed by atoms with van der Waals surface area (Å²) in [5.74, 6) is -0.0363. The molecular weight excluding hydrogens is 336 g/mol. The smallest absolute Gasteiger partial charge is 0.223 e. The van der Waals surface area contributed by atoms with Crippen LogP contribution < -0.4 is 10.6 Å². The molecule has 0 aromatic heterocycles. The molecule has 0 saturated heterocycles. The Kier molecular flexibility index (Phi) is 14.2. The third-order valence-corrected chi connectivity index (χ3v) is 5.85. The first-order chi connectivity index (χ1) is 13.2. The second kappa shape index (κ2) is 15.9. The molecule has 1 fully saturated rings. The molecule has 1 saturated carbocycles. The summed E-state index contributed by atoms with van der Waals surface area (Å²) in [5, 5.41) is 6.15. The van der Waals surface area contributed by atoms with Crippen LogP contribution in [0, 0.1) is 11.8 Å². The van der Waals surface area contributed by atoms with Gasteiger partial charge in [-0.1, -0.05) is 84.5 Å². The van der Waals surface area contributed by atoms with Crippen molar-refractivity contribution in [2.45, 2.75) is 110 Å². The Morgan fingerprint density at radius 3 is 1.41 bits per heavy atom. The number of hydrogen-bond acceptors (Lipinski definition) is 2. The van der Waals surface area contributed by atoms with Crippen molar-refractivity contribution < 1.29 is 9.59 Å². The number of carbonyl (C=O) groups is 2. The topological polar surface area (TPSA) is 58.2 Å². The van der Waals surface area contributed by atoms with Crippen LogP contribution in [-0.2, 0) is 9.59 Å². The van der Waals surface area contributed by atoms with E-state index in [0.717, 1.165) is 45.2 Å². The average molecular weight is 381 g/mol. The van der Waals surface area contributed by atoms with Crippen LogP contribution in [-0.4, -0.2) is 24.9 Å². The summed E-state index contributed by atoms with van der Waals surface area (Å²) in [6, 6.07) is 0. The van der Waals surface area contributed by atoms with E-state index in [1.807, 2.05) is 0 Å². The van der Waals surface area contributed by atoms with Gasteiger partial charge in [-0.15, -0.1) is 0 Å². The van der Waals surface area contributed by atoms with E-state index in [9.17, 15) is 9.59 Å². The molecule has 0 bridgehead atoms. The average Bonchev–Trinajstić information content (AvgIpc) is 3.16. The van der Waals surface area contributed by atoms with Gasteiger partial charge in [-0.3, -0.25) is 9.59 Å². The summed E-state index contributed by atoms with van der Waals surface area (Å²) in [5.41, 5.74) is 0. The lowest BCUT2D eigenvalue weighted by atomic mass is 9.94. The highest BCUT2D eigenvalue weighted by Crippen LogP contribution is 2.32. The van der Waals surface area contributed by atoms with Gasteiger partial charge in [0.15, 0.2) is 0 Å². The molecule has 27 heavy (non-hydrogen) atoms. The van der Waals surface area contributed by atoms with Crippen molar-refractivity contribution in [3.05, 3.63) is 0 Å². The molecule has 0 radical (unpaired) electrons. The number of amides is 2. The molecular formula is C23H44N2O2. The first kappa shape index (κ1) is 24.0. The predicted molar refractivity (Wildman–Crippen MR) is 114 cm³/mol. The minimum absolute atomic E-state index is 0.0979. The van der Waals surface area contributed by atoms with E-state index in [2.05, 4.69) is 24.5 Å².